The smallest absolute Gasteiger partial charge is 1.00 e. The Morgan fingerprint density at radius 2 is 1.53 bits per heavy atom. The third-order valence-corrected chi connectivity index (χ3v) is 2.32. The van der Waals surface area contributed by atoms with Crippen LogP contribution in [0.15, 0.2) is 24.3 Å². The second-order valence-corrected chi connectivity index (χ2v) is 3.62. The Bertz CT molecular complexity index is 432. The number of aryl methyl sites for hydroxylation is 3. The van der Waals surface area contributed by atoms with E-state index in [-0.39, 0.29) is 35.6 Å². The summed E-state index contributed by atoms with van der Waals surface area (Å²) >= 11 is 0. The second-order valence-electron chi connectivity index (χ2n) is 3.62. The van der Waals surface area contributed by atoms with E-state index in [0.717, 1.165) is 0 Å². The number of hydrogen-bond donors (Lipinski definition) is 0. The molecule has 0 atom stereocenters. The van der Waals surface area contributed by atoms with Crippen molar-refractivity contribution in [3.8, 4) is 0 Å². The topological polar surface area (TPSA) is 0 Å². The molecular weight excluding hydrogens is 273 g/mol. The van der Waals surface area contributed by atoms with Gasteiger partial charge in [0, 0.05) is 0 Å². The van der Waals surface area contributed by atoms with Crippen molar-refractivity contribution >= 4 is 10.8 Å². The predicted molar refractivity (Wildman–Crippen MR) is 53.8 cm³/mol. The van der Waals surface area contributed by atoms with Gasteiger partial charge >= 0.3 is 26.2 Å². The Hall–Kier alpha value is -0.427. The molecule has 0 aromatic heterocycles. The molecule has 0 aliphatic carbocycles. The molecule has 2 aromatic carbocycles. The normalized spacial score (nSPS) is 8.73. The molecule has 0 amide bonds. The van der Waals surface area contributed by atoms with Gasteiger partial charge in [0.05, 0.1) is 0 Å². The van der Waals surface area contributed by atoms with Gasteiger partial charge in [0.15, 0.2) is 0 Å². The van der Waals surface area contributed by atoms with Crippen LogP contribution >= 0.6 is 0 Å². The van der Waals surface area contributed by atoms with Crippen LogP contribution < -0.4 is 9.41 Å². The molecule has 0 aliphatic rings. The van der Waals surface area contributed by atoms with Crippen LogP contribution in [0, 0.1) is 20.8 Å². The van der Waals surface area contributed by atoms with Gasteiger partial charge in [-0.25, -0.2) is 0 Å². The number of hydrogen-bond acceptors (Lipinski definition) is 0. The van der Waals surface area contributed by atoms with E-state index < -0.39 is 0 Å². The zero-order valence-electron chi connectivity index (χ0n) is 9.07. The first-order chi connectivity index (χ1) is 5.66. The van der Waals surface area contributed by atoms with E-state index in [1.54, 1.807) is 0 Å². The maximum atomic E-state index is 2.25. The molecule has 3 heteroatoms. The van der Waals surface area contributed by atoms with Crippen LogP contribution in [0.3, 0.4) is 0 Å². The van der Waals surface area contributed by atoms with Crippen LogP contribution in [0.25, 0.3) is 10.8 Å². The van der Waals surface area contributed by atoms with E-state index in [0.29, 0.717) is 0 Å². The molecule has 0 saturated carbocycles. The van der Waals surface area contributed by atoms with Gasteiger partial charge in [-0.2, -0.15) is 6.07 Å². The van der Waals surface area contributed by atoms with E-state index >= 15 is 0 Å². The van der Waals surface area contributed by atoms with Crippen molar-refractivity contribution in [2.75, 3.05) is 0 Å². The summed E-state index contributed by atoms with van der Waals surface area (Å²) in [6.45, 7) is 6.47. The molecule has 0 aliphatic heterocycles. The number of fused-ring (bicyclic) bond motifs is 1. The first kappa shape index (κ1) is 17.0. The molecule has 1 radical (unpaired) electrons. The first-order valence-electron chi connectivity index (χ1n) is 4.31. The fourth-order valence-electron chi connectivity index (χ4n) is 1.84. The Morgan fingerprint density at radius 1 is 0.933 bits per heavy atom. The molecule has 0 nitrogen and oxygen atoms in total. The van der Waals surface area contributed by atoms with Crippen molar-refractivity contribution in [1.82, 2.24) is 0 Å². The standard InChI is InChI=1S/C12H13.2FH.Zr/c1-8-4-10(3)12-7-9(2)6-11(12)5-8;;;/h4-7H,1-3H3;2*1H;/q-1;;;+3/p-2. The molecule has 0 N–H and O–H groups in total. The average Bonchev–Trinajstić information content (AvgIpc) is 2.29. The van der Waals surface area contributed by atoms with Crippen LogP contribution in [-0.2, 0) is 26.2 Å². The predicted octanol–water partition coefficient (Wildman–Crippen LogP) is -2.51. The Morgan fingerprint density at radius 3 is 2.13 bits per heavy atom. The van der Waals surface area contributed by atoms with Gasteiger partial charge in [0.25, 0.3) is 0 Å². The quantitative estimate of drug-likeness (QED) is 0.469. The summed E-state index contributed by atoms with van der Waals surface area (Å²) in [5.41, 5.74) is 4.10. The number of rotatable bonds is 0. The molecule has 0 saturated heterocycles. The number of halogens is 2. The molecule has 0 heterocycles. The summed E-state index contributed by atoms with van der Waals surface area (Å²) in [7, 11) is 0. The molecule has 0 unspecified atom stereocenters. The zero-order valence-corrected chi connectivity index (χ0v) is 11.5. The summed E-state index contributed by atoms with van der Waals surface area (Å²) in [4.78, 5) is 0. The summed E-state index contributed by atoms with van der Waals surface area (Å²) in [5.74, 6) is 0. The van der Waals surface area contributed by atoms with Crippen molar-refractivity contribution in [1.29, 1.82) is 0 Å². The van der Waals surface area contributed by atoms with Gasteiger partial charge < -0.3 is 9.41 Å². The summed E-state index contributed by atoms with van der Waals surface area (Å²) in [6, 6.07) is 8.98. The second kappa shape index (κ2) is 6.22. The third-order valence-electron chi connectivity index (χ3n) is 2.32. The van der Waals surface area contributed by atoms with Crippen LogP contribution in [0.5, 0.6) is 0 Å². The molecule has 15 heavy (non-hydrogen) atoms. The zero-order chi connectivity index (χ0) is 8.72. The minimum atomic E-state index is 0. The fourth-order valence-corrected chi connectivity index (χ4v) is 1.84. The van der Waals surface area contributed by atoms with Gasteiger partial charge in [0.2, 0.25) is 0 Å². The number of benzene rings is 1. The largest absolute Gasteiger partial charge is 3.00 e. The van der Waals surface area contributed by atoms with E-state index in [4.69, 9.17) is 0 Å². The molecule has 2 rings (SSSR count). The minimum absolute atomic E-state index is 0. The summed E-state index contributed by atoms with van der Waals surface area (Å²) in [5, 5.41) is 2.78. The van der Waals surface area contributed by atoms with Crippen LogP contribution in [0.1, 0.15) is 16.7 Å². The van der Waals surface area contributed by atoms with E-state index in [2.05, 4.69) is 45.0 Å². The minimum Gasteiger partial charge on any atom is -1.00 e. The maximum absolute atomic E-state index is 2.25. The first-order valence-corrected chi connectivity index (χ1v) is 4.31. The average molecular weight is 286 g/mol. The maximum Gasteiger partial charge on any atom is 3.00 e. The summed E-state index contributed by atoms with van der Waals surface area (Å²) in [6.07, 6.45) is 0. The SMILES string of the molecule is Cc1cc(C)c2cc(C)[cH-]c2c1.[F-].[F-].[Zr+3]. The Labute approximate surface area is 108 Å². The van der Waals surface area contributed by atoms with Crippen molar-refractivity contribution in [2.45, 2.75) is 20.8 Å². The molecule has 0 bridgehead atoms. The van der Waals surface area contributed by atoms with Crippen molar-refractivity contribution in [3.05, 3.63) is 41.0 Å². The van der Waals surface area contributed by atoms with Crippen molar-refractivity contribution < 1.29 is 35.6 Å². The van der Waals surface area contributed by atoms with Gasteiger partial charge in [-0.15, -0.1) is 28.5 Å². The fraction of sp³-hybridized carbons (Fsp3) is 0.250. The molecule has 0 fully saturated rings. The van der Waals surface area contributed by atoms with E-state index in [9.17, 15) is 0 Å². The Kier molecular flexibility index (Phi) is 7.04. The Balaban J connectivity index is 0. The summed E-state index contributed by atoms with van der Waals surface area (Å²) < 4.78 is 0. The molecule has 79 valence electrons. The van der Waals surface area contributed by atoms with Gasteiger partial charge in [-0.1, -0.05) is 24.1 Å². The van der Waals surface area contributed by atoms with Crippen molar-refractivity contribution in [2.24, 2.45) is 0 Å². The monoisotopic (exact) mass is 285 g/mol. The third kappa shape index (κ3) is 3.27. The van der Waals surface area contributed by atoms with Crippen LogP contribution in [0.4, 0.5) is 0 Å². The van der Waals surface area contributed by atoms with Crippen LogP contribution in [-0.4, -0.2) is 0 Å². The van der Waals surface area contributed by atoms with E-state index in [1.807, 2.05) is 0 Å². The van der Waals surface area contributed by atoms with Gasteiger partial charge in [-0.05, 0) is 13.8 Å². The van der Waals surface area contributed by atoms with E-state index in [1.165, 1.54) is 27.5 Å². The van der Waals surface area contributed by atoms with Gasteiger partial charge in [0.1, 0.15) is 0 Å². The molecule has 2 aromatic rings. The molecule has 0 spiro atoms. The van der Waals surface area contributed by atoms with Crippen LogP contribution in [0.2, 0.25) is 0 Å². The van der Waals surface area contributed by atoms with Crippen molar-refractivity contribution in [3.63, 3.8) is 0 Å². The molecular formula is C12H13F2Zr. The van der Waals surface area contributed by atoms with Gasteiger partial charge in [-0.3, -0.25) is 0 Å².